The fourth-order valence-electron chi connectivity index (χ4n) is 2.50. The number of nitrogens with zero attached hydrogens (tertiary/aromatic N) is 2. The lowest BCUT2D eigenvalue weighted by atomic mass is 10.1. The van der Waals surface area contributed by atoms with Gasteiger partial charge in [0.2, 0.25) is 0 Å². The van der Waals surface area contributed by atoms with Crippen molar-refractivity contribution in [2.45, 2.75) is 6.17 Å². The maximum atomic E-state index is 12.8. The molecule has 1 unspecified atom stereocenters. The Labute approximate surface area is 130 Å². The molecule has 2 aromatic rings. The minimum Gasteiger partial charge on any atom is -0.360 e. The van der Waals surface area contributed by atoms with E-state index in [0.29, 0.717) is 12.2 Å². The molecule has 0 fully saturated rings. The third-order valence-corrected chi connectivity index (χ3v) is 3.60. The third-order valence-electron chi connectivity index (χ3n) is 3.60. The van der Waals surface area contributed by atoms with Crippen LogP contribution in [0.15, 0.2) is 54.6 Å². The Morgan fingerprint density at radius 3 is 2.50 bits per heavy atom. The Kier molecular flexibility index (Phi) is 4.09. The monoisotopic (exact) mass is 296 g/mol. The van der Waals surface area contributed by atoms with Crippen LogP contribution in [-0.4, -0.2) is 36.6 Å². The molecule has 5 heteroatoms. The van der Waals surface area contributed by atoms with Crippen molar-refractivity contribution in [3.63, 3.8) is 0 Å². The van der Waals surface area contributed by atoms with Crippen LogP contribution in [0.2, 0.25) is 0 Å². The van der Waals surface area contributed by atoms with E-state index in [4.69, 9.17) is 0 Å². The molecule has 1 amide bonds. The highest BCUT2D eigenvalue weighted by molar-refractivity contribution is 6.01. The molecule has 0 saturated carbocycles. The summed E-state index contributed by atoms with van der Waals surface area (Å²) in [6, 6.07) is 17.6. The molecule has 2 N–H and O–H groups in total. The molecule has 0 radical (unpaired) electrons. The van der Waals surface area contributed by atoms with Crippen LogP contribution in [-0.2, 0) is 0 Å². The van der Waals surface area contributed by atoms with Crippen LogP contribution in [0, 0.1) is 0 Å². The van der Waals surface area contributed by atoms with Gasteiger partial charge in [-0.3, -0.25) is 9.69 Å². The minimum atomic E-state index is -0.233. The van der Waals surface area contributed by atoms with E-state index in [1.165, 1.54) is 0 Å². The van der Waals surface area contributed by atoms with Gasteiger partial charge in [-0.2, -0.15) is 0 Å². The number of carbonyl (C=O) groups is 1. The first-order valence-corrected chi connectivity index (χ1v) is 7.29. The van der Waals surface area contributed by atoms with Crippen molar-refractivity contribution in [2.75, 3.05) is 26.1 Å². The molecule has 22 heavy (non-hydrogen) atoms. The summed E-state index contributed by atoms with van der Waals surface area (Å²) in [5, 5.41) is 5.11. The molecule has 0 spiro atoms. The van der Waals surface area contributed by atoms with Crippen molar-refractivity contribution in [3.8, 4) is 0 Å². The lowest BCUT2D eigenvalue weighted by molar-refractivity contribution is 0.0502. The average Bonchev–Trinajstić information content (AvgIpc) is 2.54. The van der Waals surface area contributed by atoms with Crippen LogP contribution in [0.1, 0.15) is 22.1 Å². The number of anilines is 1. The topological polar surface area (TPSA) is 47.6 Å². The number of rotatable bonds is 4. The number of hydrogen-bond donors (Lipinski definition) is 2. The van der Waals surface area contributed by atoms with E-state index >= 15 is 0 Å². The highest BCUT2D eigenvalue weighted by atomic mass is 16.2. The van der Waals surface area contributed by atoms with Gasteiger partial charge in [0.25, 0.3) is 5.91 Å². The fourth-order valence-corrected chi connectivity index (χ4v) is 2.50. The first-order valence-electron chi connectivity index (χ1n) is 7.29. The van der Waals surface area contributed by atoms with E-state index in [-0.39, 0.29) is 12.1 Å². The van der Waals surface area contributed by atoms with Gasteiger partial charge in [-0.1, -0.05) is 42.5 Å². The van der Waals surface area contributed by atoms with Crippen LogP contribution in [0.4, 0.5) is 5.69 Å². The zero-order valence-electron chi connectivity index (χ0n) is 12.8. The SMILES string of the molecule is CN(C)CNN1C(=O)c2ccccc2NC1c1ccccc1. The summed E-state index contributed by atoms with van der Waals surface area (Å²) in [4.78, 5) is 14.8. The van der Waals surface area contributed by atoms with Gasteiger partial charge >= 0.3 is 0 Å². The van der Waals surface area contributed by atoms with Gasteiger partial charge in [-0.15, -0.1) is 0 Å². The Morgan fingerprint density at radius 1 is 1.09 bits per heavy atom. The summed E-state index contributed by atoms with van der Waals surface area (Å²) in [5.74, 6) is -0.0231. The Bertz CT molecular complexity index is 657. The summed E-state index contributed by atoms with van der Waals surface area (Å²) in [6.07, 6.45) is -0.233. The van der Waals surface area contributed by atoms with Gasteiger partial charge in [0.05, 0.1) is 12.2 Å². The number of amides is 1. The highest BCUT2D eigenvalue weighted by Crippen LogP contribution is 2.31. The molecular formula is C17H20N4O. The van der Waals surface area contributed by atoms with Crippen LogP contribution >= 0.6 is 0 Å². The number of carbonyl (C=O) groups excluding carboxylic acids is 1. The predicted molar refractivity (Wildman–Crippen MR) is 87.1 cm³/mol. The average molecular weight is 296 g/mol. The molecule has 0 aliphatic carbocycles. The normalized spacial score (nSPS) is 17.3. The van der Waals surface area contributed by atoms with Crippen molar-refractivity contribution < 1.29 is 4.79 Å². The molecule has 0 aromatic heterocycles. The van der Waals surface area contributed by atoms with Crippen molar-refractivity contribution in [1.29, 1.82) is 0 Å². The van der Waals surface area contributed by atoms with Crippen LogP contribution in [0.3, 0.4) is 0 Å². The van der Waals surface area contributed by atoms with Crippen LogP contribution in [0.5, 0.6) is 0 Å². The fraction of sp³-hybridized carbons (Fsp3) is 0.235. The lowest BCUT2D eigenvalue weighted by Crippen LogP contribution is -2.52. The first-order chi connectivity index (χ1) is 10.7. The summed E-state index contributed by atoms with van der Waals surface area (Å²) >= 11 is 0. The highest BCUT2D eigenvalue weighted by Gasteiger charge is 2.32. The minimum absolute atomic E-state index is 0.0231. The largest absolute Gasteiger partial charge is 0.360 e. The van der Waals surface area contributed by atoms with Gasteiger partial charge in [0.1, 0.15) is 6.17 Å². The van der Waals surface area contributed by atoms with Gasteiger partial charge in [-0.05, 0) is 31.8 Å². The molecule has 1 heterocycles. The number of nitrogens with one attached hydrogen (secondary N) is 2. The predicted octanol–water partition coefficient (Wildman–Crippen LogP) is 2.28. The van der Waals surface area contributed by atoms with Gasteiger partial charge < -0.3 is 5.32 Å². The summed E-state index contributed by atoms with van der Waals surface area (Å²) in [5.41, 5.74) is 5.79. The zero-order chi connectivity index (χ0) is 15.5. The van der Waals surface area contributed by atoms with E-state index in [1.807, 2.05) is 73.6 Å². The van der Waals surface area contributed by atoms with Crippen molar-refractivity contribution in [1.82, 2.24) is 15.3 Å². The maximum absolute atomic E-state index is 12.8. The van der Waals surface area contributed by atoms with E-state index in [1.54, 1.807) is 5.01 Å². The van der Waals surface area contributed by atoms with Crippen molar-refractivity contribution in [2.24, 2.45) is 0 Å². The second-order valence-electron chi connectivity index (χ2n) is 5.57. The zero-order valence-corrected chi connectivity index (χ0v) is 12.8. The number of para-hydroxylation sites is 1. The second-order valence-corrected chi connectivity index (χ2v) is 5.57. The number of fused-ring (bicyclic) bond motifs is 1. The number of benzene rings is 2. The first kappa shape index (κ1) is 14.6. The van der Waals surface area contributed by atoms with E-state index in [9.17, 15) is 4.79 Å². The van der Waals surface area contributed by atoms with Gasteiger partial charge in [0, 0.05) is 5.69 Å². The summed E-state index contributed by atoms with van der Waals surface area (Å²) < 4.78 is 0. The van der Waals surface area contributed by atoms with E-state index in [0.717, 1.165) is 11.3 Å². The molecule has 3 rings (SSSR count). The molecule has 5 nitrogen and oxygen atoms in total. The van der Waals surface area contributed by atoms with E-state index in [2.05, 4.69) is 10.7 Å². The Balaban J connectivity index is 1.97. The van der Waals surface area contributed by atoms with Gasteiger partial charge in [-0.25, -0.2) is 10.4 Å². The second kappa shape index (κ2) is 6.17. The lowest BCUT2D eigenvalue weighted by Gasteiger charge is -2.38. The maximum Gasteiger partial charge on any atom is 0.272 e. The Hall–Kier alpha value is -2.37. The molecule has 0 bridgehead atoms. The molecular weight excluding hydrogens is 276 g/mol. The van der Waals surface area contributed by atoms with Gasteiger partial charge in [0.15, 0.2) is 0 Å². The molecule has 1 atom stereocenters. The van der Waals surface area contributed by atoms with Crippen molar-refractivity contribution in [3.05, 3.63) is 65.7 Å². The number of hydrogen-bond acceptors (Lipinski definition) is 4. The molecule has 2 aromatic carbocycles. The summed E-state index contributed by atoms with van der Waals surface area (Å²) in [6.45, 7) is 0.582. The molecule has 1 aliphatic heterocycles. The Morgan fingerprint density at radius 2 is 1.77 bits per heavy atom. The van der Waals surface area contributed by atoms with Crippen molar-refractivity contribution >= 4 is 11.6 Å². The smallest absolute Gasteiger partial charge is 0.272 e. The molecule has 1 aliphatic rings. The molecule has 114 valence electrons. The number of hydrazine groups is 1. The quantitative estimate of drug-likeness (QED) is 0.850. The van der Waals surface area contributed by atoms with Crippen LogP contribution < -0.4 is 10.7 Å². The molecule has 0 saturated heterocycles. The standard InChI is InChI=1S/C17H20N4O/c1-20(2)12-18-21-16(13-8-4-3-5-9-13)19-15-11-7-6-10-14(15)17(21)22/h3-11,16,18-19H,12H2,1-2H3. The van der Waals surface area contributed by atoms with E-state index < -0.39 is 0 Å². The third kappa shape index (κ3) is 2.81. The van der Waals surface area contributed by atoms with Crippen LogP contribution in [0.25, 0.3) is 0 Å². The summed E-state index contributed by atoms with van der Waals surface area (Å²) in [7, 11) is 3.92.